The second-order valence-electron chi connectivity index (χ2n) is 5.71. The minimum atomic E-state index is -0.489. The van der Waals surface area contributed by atoms with E-state index in [1.807, 2.05) is 25.1 Å². The van der Waals surface area contributed by atoms with Crippen molar-refractivity contribution in [3.8, 4) is 5.75 Å². The van der Waals surface area contributed by atoms with Gasteiger partial charge >= 0.3 is 0 Å². The molecule has 0 atom stereocenters. The number of guanidine groups is 1. The summed E-state index contributed by atoms with van der Waals surface area (Å²) in [4.78, 5) is 15.3. The number of primary amides is 1. The summed E-state index contributed by atoms with van der Waals surface area (Å²) in [5, 5.41) is 6.55. The average Bonchev–Trinajstić information content (AvgIpc) is 2.50. The SMILES string of the molecule is CCNC(=NCc1cccc(OCC(N)=O)c1)NCCC(C)C.I. The van der Waals surface area contributed by atoms with Gasteiger partial charge in [-0.05, 0) is 37.0 Å². The van der Waals surface area contributed by atoms with Crippen molar-refractivity contribution in [1.29, 1.82) is 0 Å². The van der Waals surface area contributed by atoms with Crippen LogP contribution >= 0.6 is 24.0 Å². The summed E-state index contributed by atoms with van der Waals surface area (Å²) in [6.45, 7) is 8.56. The minimum Gasteiger partial charge on any atom is -0.484 e. The lowest BCUT2D eigenvalue weighted by Crippen LogP contribution is -2.38. The number of ether oxygens (including phenoxy) is 1. The fraction of sp³-hybridized carbons (Fsp3) is 0.529. The van der Waals surface area contributed by atoms with Gasteiger partial charge in [-0.25, -0.2) is 4.99 Å². The molecule has 1 rings (SSSR count). The first-order chi connectivity index (χ1) is 11.0. The normalized spacial score (nSPS) is 10.9. The fourth-order valence-electron chi connectivity index (χ4n) is 1.88. The van der Waals surface area contributed by atoms with Crippen molar-refractivity contribution in [3.05, 3.63) is 29.8 Å². The monoisotopic (exact) mass is 448 g/mol. The Morgan fingerprint density at radius 2 is 2.08 bits per heavy atom. The van der Waals surface area contributed by atoms with Crippen LogP contribution in [0, 0.1) is 5.92 Å². The first kappa shape index (κ1) is 22.5. The van der Waals surface area contributed by atoms with Crippen LogP contribution in [-0.2, 0) is 11.3 Å². The van der Waals surface area contributed by atoms with Crippen LogP contribution in [-0.4, -0.2) is 31.6 Å². The fourth-order valence-corrected chi connectivity index (χ4v) is 1.88. The maximum absolute atomic E-state index is 10.8. The van der Waals surface area contributed by atoms with Crippen LogP contribution in [0.4, 0.5) is 0 Å². The van der Waals surface area contributed by atoms with Crippen LogP contribution in [0.25, 0.3) is 0 Å². The quantitative estimate of drug-likeness (QED) is 0.307. The molecule has 0 fully saturated rings. The second-order valence-corrected chi connectivity index (χ2v) is 5.71. The van der Waals surface area contributed by atoms with Crippen molar-refractivity contribution in [2.75, 3.05) is 19.7 Å². The molecule has 0 aliphatic rings. The molecular formula is C17H29IN4O2. The smallest absolute Gasteiger partial charge is 0.255 e. The Morgan fingerprint density at radius 1 is 1.33 bits per heavy atom. The van der Waals surface area contributed by atoms with E-state index in [0.717, 1.165) is 31.0 Å². The number of nitrogens with two attached hydrogens (primary N) is 1. The first-order valence-corrected chi connectivity index (χ1v) is 8.03. The molecule has 0 saturated carbocycles. The van der Waals surface area contributed by atoms with Crippen molar-refractivity contribution in [2.45, 2.75) is 33.7 Å². The van der Waals surface area contributed by atoms with Crippen molar-refractivity contribution in [1.82, 2.24) is 10.6 Å². The lowest BCUT2D eigenvalue weighted by molar-refractivity contribution is -0.119. The second kappa shape index (κ2) is 12.9. The molecule has 0 bridgehead atoms. The number of benzene rings is 1. The summed E-state index contributed by atoms with van der Waals surface area (Å²) >= 11 is 0. The molecule has 136 valence electrons. The molecule has 0 heterocycles. The van der Waals surface area contributed by atoms with E-state index in [9.17, 15) is 4.79 Å². The van der Waals surface area contributed by atoms with Gasteiger partial charge < -0.3 is 21.1 Å². The van der Waals surface area contributed by atoms with Crippen LogP contribution in [0.1, 0.15) is 32.8 Å². The van der Waals surface area contributed by atoms with Gasteiger partial charge in [0.1, 0.15) is 5.75 Å². The lowest BCUT2D eigenvalue weighted by atomic mass is 10.1. The van der Waals surface area contributed by atoms with E-state index in [1.54, 1.807) is 6.07 Å². The molecule has 0 aliphatic carbocycles. The highest BCUT2D eigenvalue weighted by Crippen LogP contribution is 2.13. The molecule has 0 saturated heterocycles. The predicted molar refractivity (Wildman–Crippen MR) is 109 cm³/mol. The van der Waals surface area contributed by atoms with Gasteiger partial charge in [0.15, 0.2) is 12.6 Å². The molecule has 0 aliphatic heterocycles. The summed E-state index contributed by atoms with van der Waals surface area (Å²) in [7, 11) is 0. The van der Waals surface area contributed by atoms with Crippen molar-refractivity contribution in [2.24, 2.45) is 16.6 Å². The molecule has 1 aromatic rings. The van der Waals surface area contributed by atoms with Crippen molar-refractivity contribution < 1.29 is 9.53 Å². The van der Waals surface area contributed by atoms with Crippen LogP contribution in [0.15, 0.2) is 29.3 Å². The number of hydrogen-bond acceptors (Lipinski definition) is 3. The zero-order chi connectivity index (χ0) is 17.1. The summed E-state index contributed by atoms with van der Waals surface area (Å²) in [6.07, 6.45) is 1.10. The number of aliphatic imine (C=N–C) groups is 1. The number of nitrogens with zero attached hydrogens (tertiary/aromatic N) is 1. The molecule has 24 heavy (non-hydrogen) atoms. The number of hydrogen-bond donors (Lipinski definition) is 3. The maximum atomic E-state index is 10.8. The zero-order valence-corrected chi connectivity index (χ0v) is 17.0. The molecule has 6 nitrogen and oxygen atoms in total. The topological polar surface area (TPSA) is 88.7 Å². The number of amides is 1. The molecule has 4 N–H and O–H groups in total. The Balaban J connectivity index is 0.00000529. The average molecular weight is 448 g/mol. The van der Waals surface area contributed by atoms with Gasteiger partial charge in [0.25, 0.3) is 5.91 Å². The van der Waals surface area contributed by atoms with Gasteiger partial charge in [-0.2, -0.15) is 0 Å². The summed E-state index contributed by atoms with van der Waals surface area (Å²) < 4.78 is 5.30. The van der Waals surface area contributed by atoms with E-state index in [0.29, 0.717) is 18.2 Å². The van der Waals surface area contributed by atoms with E-state index in [4.69, 9.17) is 10.5 Å². The summed E-state index contributed by atoms with van der Waals surface area (Å²) in [6, 6.07) is 7.50. The molecule has 0 unspecified atom stereocenters. The minimum absolute atomic E-state index is 0. The Bertz CT molecular complexity index is 521. The van der Waals surface area contributed by atoms with E-state index < -0.39 is 5.91 Å². The van der Waals surface area contributed by atoms with Crippen molar-refractivity contribution >= 4 is 35.8 Å². The molecular weight excluding hydrogens is 419 g/mol. The van der Waals surface area contributed by atoms with E-state index in [-0.39, 0.29) is 30.6 Å². The summed E-state index contributed by atoms with van der Waals surface area (Å²) in [5.41, 5.74) is 6.08. The standard InChI is InChI=1S/C17H28N4O2.HI/c1-4-19-17(20-9-8-13(2)3)21-11-14-6-5-7-15(10-14)23-12-16(18)22;/h5-7,10,13H,4,8-9,11-12H2,1-3H3,(H2,18,22)(H2,19,20,21);1H. The molecule has 1 amide bonds. The van der Waals surface area contributed by atoms with Gasteiger partial charge in [-0.3, -0.25) is 4.79 Å². The third kappa shape index (κ3) is 10.3. The van der Waals surface area contributed by atoms with E-state index in [1.165, 1.54) is 0 Å². The number of rotatable bonds is 9. The molecule has 0 spiro atoms. The van der Waals surface area contributed by atoms with Crippen molar-refractivity contribution in [3.63, 3.8) is 0 Å². The van der Waals surface area contributed by atoms with Gasteiger partial charge in [0, 0.05) is 13.1 Å². The molecule has 7 heteroatoms. The number of carbonyl (C=O) groups is 1. The number of halogens is 1. The Hall–Kier alpha value is -1.51. The third-order valence-electron chi connectivity index (χ3n) is 3.06. The highest BCUT2D eigenvalue weighted by atomic mass is 127. The summed E-state index contributed by atoms with van der Waals surface area (Å²) in [5.74, 6) is 1.59. The van der Waals surface area contributed by atoms with E-state index >= 15 is 0 Å². The van der Waals surface area contributed by atoms with Crippen LogP contribution in [0.3, 0.4) is 0 Å². The molecule has 0 aromatic heterocycles. The van der Waals surface area contributed by atoms with Gasteiger partial charge in [0.05, 0.1) is 6.54 Å². The maximum Gasteiger partial charge on any atom is 0.255 e. The third-order valence-corrected chi connectivity index (χ3v) is 3.06. The Labute approximate surface area is 161 Å². The largest absolute Gasteiger partial charge is 0.484 e. The van der Waals surface area contributed by atoms with Gasteiger partial charge in [-0.1, -0.05) is 26.0 Å². The van der Waals surface area contributed by atoms with Crippen LogP contribution in [0.5, 0.6) is 5.75 Å². The van der Waals surface area contributed by atoms with Crippen LogP contribution in [0.2, 0.25) is 0 Å². The predicted octanol–water partition coefficient (Wildman–Crippen LogP) is 2.27. The number of nitrogens with one attached hydrogen (secondary N) is 2. The zero-order valence-electron chi connectivity index (χ0n) is 14.7. The van der Waals surface area contributed by atoms with Gasteiger partial charge in [0.2, 0.25) is 0 Å². The Morgan fingerprint density at radius 3 is 2.71 bits per heavy atom. The number of carbonyl (C=O) groups excluding carboxylic acids is 1. The Kier molecular flexibility index (Phi) is 12.0. The first-order valence-electron chi connectivity index (χ1n) is 8.03. The highest BCUT2D eigenvalue weighted by Gasteiger charge is 2.01. The molecule has 1 aromatic carbocycles. The van der Waals surface area contributed by atoms with E-state index in [2.05, 4.69) is 29.5 Å². The lowest BCUT2D eigenvalue weighted by Gasteiger charge is -2.12. The highest BCUT2D eigenvalue weighted by molar-refractivity contribution is 14.0. The molecule has 0 radical (unpaired) electrons. The van der Waals surface area contributed by atoms with Gasteiger partial charge in [-0.15, -0.1) is 24.0 Å². The van der Waals surface area contributed by atoms with Crippen LogP contribution < -0.4 is 21.1 Å².